The van der Waals surface area contributed by atoms with Crippen LogP contribution < -0.4 is 25.4 Å². The lowest BCUT2D eigenvalue weighted by Gasteiger charge is -2.45. The number of hydrogen-bond donors (Lipinski definition) is 3. The molecular weight excluding hydrogens is 494 g/mol. The van der Waals surface area contributed by atoms with E-state index in [1.54, 1.807) is 14.2 Å². The third kappa shape index (κ3) is 5.30. The summed E-state index contributed by atoms with van der Waals surface area (Å²) in [6, 6.07) is 8.41. The summed E-state index contributed by atoms with van der Waals surface area (Å²) in [4.78, 5) is 19.4. The van der Waals surface area contributed by atoms with Crippen molar-refractivity contribution in [3.05, 3.63) is 53.6 Å². The molecule has 11 heteroatoms. The maximum Gasteiger partial charge on any atom is 0.319 e. The number of benzene rings is 2. The van der Waals surface area contributed by atoms with Crippen LogP contribution in [0, 0.1) is 23.1 Å². The van der Waals surface area contributed by atoms with Crippen LogP contribution in [0.25, 0.3) is 0 Å². The zero-order chi connectivity index (χ0) is 27.3. The van der Waals surface area contributed by atoms with E-state index < -0.39 is 17.7 Å². The molecule has 1 aliphatic heterocycles. The Balaban J connectivity index is 1.60. The fourth-order valence-electron chi connectivity index (χ4n) is 5.74. The topological polar surface area (TPSA) is 111 Å². The molecule has 1 saturated heterocycles. The Morgan fingerprint density at radius 3 is 2.63 bits per heavy atom. The summed E-state index contributed by atoms with van der Waals surface area (Å²) in [6.07, 6.45) is 4.89. The number of nitrogens with zero attached hydrogens (tertiary/aromatic N) is 3. The van der Waals surface area contributed by atoms with Gasteiger partial charge < -0.3 is 25.0 Å². The van der Waals surface area contributed by atoms with Gasteiger partial charge in [-0.3, -0.25) is 10.3 Å². The molecule has 3 atom stereocenters. The summed E-state index contributed by atoms with van der Waals surface area (Å²) in [7, 11) is 3.20. The monoisotopic (exact) mass is 526 g/mol. The number of halogens is 2. The number of methoxy groups -OCH3 is 2. The Kier molecular flexibility index (Phi) is 8.20. The van der Waals surface area contributed by atoms with Gasteiger partial charge in [0.05, 0.1) is 14.2 Å². The highest BCUT2D eigenvalue weighted by molar-refractivity contribution is 5.89. The molecule has 2 aromatic carbocycles. The Labute approximate surface area is 220 Å². The number of urea groups is 1. The number of carbonyl (C=O) groups is 1. The number of ether oxygens (including phenoxy) is 2. The maximum absolute atomic E-state index is 13.6. The maximum atomic E-state index is 13.6. The predicted octanol–water partition coefficient (Wildman–Crippen LogP) is 4.11. The van der Waals surface area contributed by atoms with Crippen LogP contribution in [0.3, 0.4) is 0 Å². The average Bonchev–Trinajstić information content (AvgIpc) is 3.30. The molecule has 2 aliphatic rings. The number of amides is 2. The third-order valence-corrected chi connectivity index (χ3v) is 7.48. The van der Waals surface area contributed by atoms with Crippen LogP contribution >= 0.6 is 0 Å². The van der Waals surface area contributed by atoms with E-state index in [2.05, 4.69) is 31.9 Å². The molecule has 0 aromatic heterocycles. The van der Waals surface area contributed by atoms with Gasteiger partial charge in [0.25, 0.3) is 0 Å². The minimum atomic E-state index is -1.03. The van der Waals surface area contributed by atoms with E-state index >= 15 is 0 Å². The molecular formula is C27H32F2N6O3. The van der Waals surface area contributed by atoms with Gasteiger partial charge in [-0.1, -0.05) is 6.07 Å². The molecule has 2 fully saturated rings. The molecule has 2 amide bonds. The van der Waals surface area contributed by atoms with Crippen LogP contribution in [0.15, 0.2) is 41.4 Å². The second kappa shape index (κ2) is 11.5. The third-order valence-electron chi connectivity index (χ3n) is 7.48. The molecule has 1 aliphatic carbocycles. The molecule has 202 valence electrons. The highest BCUT2D eigenvalue weighted by atomic mass is 19.2. The van der Waals surface area contributed by atoms with Gasteiger partial charge in [0.1, 0.15) is 0 Å². The zero-order valence-corrected chi connectivity index (χ0v) is 21.7. The fraction of sp³-hybridized carbons (Fsp3) is 0.444. The van der Waals surface area contributed by atoms with E-state index in [-0.39, 0.29) is 23.2 Å². The van der Waals surface area contributed by atoms with Crippen molar-refractivity contribution in [2.24, 2.45) is 4.99 Å². The summed E-state index contributed by atoms with van der Waals surface area (Å²) < 4.78 is 37.8. The van der Waals surface area contributed by atoms with E-state index in [1.807, 2.05) is 25.2 Å². The van der Waals surface area contributed by atoms with Gasteiger partial charge in [-0.25, -0.2) is 13.6 Å². The molecule has 38 heavy (non-hydrogen) atoms. The smallest absolute Gasteiger partial charge is 0.319 e. The number of rotatable bonds is 6. The molecule has 0 spiro atoms. The van der Waals surface area contributed by atoms with Crippen LogP contribution in [0.4, 0.5) is 19.3 Å². The minimum Gasteiger partial charge on any atom is -0.493 e. The van der Waals surface area contributed by atoms with Crippen molar-refractivity contribution in [3.63, 3.8) is 0 Å². The normalized spacial score (nSPS) is 22.7. The number of likely N-dealkylation sites (tertiary alicyclic amines) is 1. The van der Waals surface area contributed by atoms with Gasteiger partial charge >= 0.3 is 6.03 Å². The van der Waals surface area contributed by atoms with Gasteiger partial charge in [-0.05, 0) is 62.4 Å². The first-order chi connectivity index (χ1) is 18.3. The number of aliphatic imine (C=N–C) groups is 1. The Morgan fingerprint density at radius 2 is 1.95 bits per heavy atom. The SMILES string of the molecule is CC/N=C(\NC#N)N1CCC2(c3ccc(OC)c(OC)c3)CCC(NC(=O)Nc3ccc(F)c(F)c3)CC12. The van der Waals surface area contributed by atoms with Gasteiger partial charge in [0.15, 0.2) is 29.3 Å². The molecule has 2 aromatic rings. The number of carbonyl (C=O) groups excluding carboxylic acids is 1. The van der Waals surface area contributed by atoms with Crippen LogP contribution in [-0.2, 0) is 5.41 Å². The van der Waals surface area contributed by atoms with E-state index in [4.69, 9.17) is 9.47 Å². The average molecular weight is 527 g/mol. The fourth-order valence-corrected chi connectivity index (χ4v) is 5.74. The van der Waals surface area contributed by atoms with Crippen LogP contribution in [0.2, 0.25) is 0 Å². The number of anilines is 1. The molecule has 0 radical (unpaired) electrons. The number of hydrogen-bond acceptors (Lipinski definition) is 5. The second-order valence-corrected chi connectivity index (χ2v) is 9.42. The first-order valence-corrected chi connectivity index (χ1v) is 12.6. The van der Waals surface area contributed by atoms with Gasteiger partial charge in [-0.15, -0.1) is 0 Å². The van der Waals surface area contributed by atoms with Gasteiger partial charge in [0.2, 0.25) is 5.96 Å². The van der Waals surface area contributed by atoms with E-state index in [1.165, 1.54) is 6.07 Å². The Morgan fingerprint density at radius 1 is 1.16 bits per heavy atom. The molecule has 1 heterocycles. The Hall–Kier alpha value is -4.07. The molecule has 9 nitrogen and oxygen atoms in total. The molecule has 3 unspecified atom stereocenters. The first-order valence-electron chi connectivity index (χ1n) is 12.6. The van der Waals surface area contributed by atoms with E-state index in [0.717, 1.165) is 30.5 Å². The van der Waals surface area contributed by atoms with Gasteiger partial charge in [0, 0.05) is 42.3 Å². The molecule has 1 saturated carbocycles. The summed E-state index contributed by atoms with van der Waals surface area (Å²) in [6.45, 7) is 3.10. The predicted molar refractivity (Wildman–Crippen MR) is 139 cm³/mol. The first kappa shape index (κ1) is 27.0. The summed E-state index contributed by atoms with van der Waals surface area (Å²) >= 11 is 0. The standard InChI is InChI=1S/C27H32F2N6O3/c1-4-31-25(32-16-30)35-12-11-27(17-5-8-22(37-2)23(13-17)38-3)10-9-19(15-24(27)35)34-26(36)33-18-6-7-20(28)21(29)14-18/h5-8,13-14,19,24H,4,9-12,15H2,1-3H3,(H,31,32)(H2,33,34,36). The molecule has 3 N–H and O–H groups in total. The van der Waals surface area contributed by atoms with Crippen molar-refractivity contribution in [1.82, 2.24) is 15.5 Å². The summed E-state index contributed by atoms with van der Waals surface area (Å²) in [5, 5.41) is 17.7. The minimum absolute atomic E-state index is 0.0749. The number of nitriles is 1. The van der Waals surface area contributed by atoms with Crippen LogP contribution in [-0.4, -0.2) is 56.3 Å². The number of guanidine groups is 1. The summed E-state index contributed by atoms with van der Waals surface area (Å²) in [5.74, 6) is -0.224. The van der Waals surface area contributed by atoms with Crippen molar-refractivity contribution in [1.29, 1.82) is 5.26 Å². The number of fused-ring (bicyclic) bond motifs is 1. The molecule has 0 bridgehead atoms. The molecule has 4 rings (SSSR count). The van der Waals surface area contributed by atoms with Crippen molar-refractivity contribution >= 4 is 17.7 Å². The second-order valence-electron chi connectivity index (χ2n) is 9.42. The van der Waals surface area contributed by atoms with Crippen molar-refractivity contribution in [2.75, 3.05) is 32.6 Å². The van der Waals surface area contributed by atoms with E-state index in [9.17, 15) is 18.8 Å². The van der Waals surface area contributed by atoms with E-state index in [0.29, 0.717) is 43.4 Å². The van der Waals surface area contributed by atoms with Crippen molar-refractivity contribution in [3.8, 4) is 17.7 Å². The lowest BCUT2D eigenvalue weighted by molar-refractivity contribution is 0.177. The highest BCUT2D eigenvalue weighted by Gasteiger charge is 2.53. The largest absolute Gasteiger partial charge is 0.493 e. The highest BCUT2D eigenvalue weighted by Crippen LogP contribution is 2.50. The Bertz CT molecular complexity index is 1250. The van der Waals surface area contributed by atoms with Crippen LogP contribution in [0.5, 0.6) is 11.5 Å². The van der Waals surface area contributed by atoms with Crippen molar-refractivity contribution < 1.29 is 23.0 Å². The van der Waals surface area contributed by atoms with Gasteiger partial charge in [-0.2, -0.15) is 5.26 Å². The quantitative estimate of drug-likeness (QED) is 0.226. The lowest BCUT2D eigenvalue weighted by Crippen LogP contribution is -2.55. The van der Waals surface area contributed by atoms with Crippen LogP contribution in [0.1, 0.15) is 38.2 Å². The van der Waals surface area contributed by atoms with Crippen molar-refractivity contribution in [2.45, 2.75) is 50.1 Å². The number of nitrogens with one attached hydrogen (secondary N) is 3. The lowest BCUT2D eigenvalue weighted by atomic mass is 9.65. The zero-order valence-electron chi connectivity index (χ0n) is 21.7. The summed E-state index contributed by atoms with van der Waals surface area (Å²) in [5.41, 5.74) is 0.995.